The predicted octanol–water partition coefficient (Wildman–Crippen LogP) is 2.07. The molecule has 1 N–H and O–H groups in total. The third-order valence-electron chi connectivity index (χ3n) is 2.26. The van der Waals surface area contributed by atoms with Gasteiger partial charge in [0.15, 0.2) is 0 Å². The molecule has 0 aliphatic carbocycles. The van der Waals surface area contributed by atoms with Crippen LogP contribution in [0.4, 0.5) is 5.69 Å². The topological polar surface area (TPSA) is 64.4 Å². The molecule has 88 valence electrons. The molecule has 0 aliphatic heterocycles. The number of methoxy groups -OCH3 is 1. The van der Waals surface area contributed by atoms with Gasteiger partial charge in [-0.15, -0.1) is 0 Å². The van der Waals surface area contributed by atoms with Gasteiger partial charge in [-0.25, -0.2) is 4.79 Å². The van der Waals surface area contributed by atoms with Crippen LogP contribution in [-0.2, 0) is 11.3 Å². The van der Waals surface area contributed by atoms with Gasteiger partial charge in [0, 0.05) is 6.20 Å². The molecule has 2 aromatic heterocycles. The highest BCUT2D eigenvalue weighted by Crippen LogP contribution is 2.15. The van der Waals surface area contributed by atoms with Crippen molar-refractivity contribution in [3.05, 3.63) is 48.2 Å². The molecule has 0 bridgehead atoms. The lowest BCUT2D eigenvalue weighted by Crippen LogP contribution is -2.08. The Kier molecular flexibility index (Phi) is 3.40. The second-order valence-corrected chi connectivity index (χ2v) is 3.35. The number of nitrogens with zero attached hydrogens (tertiary/aromatic N) is 1. The van der Waals surface area contributed by atoms with Crippen molar-refractivity contribution < 1.29 is 13.9 Å². The van der Waals surface area contributed by atoms with E-state index in [2.05, 4.69) is 15.0 Å². The van der Waals surface area contributed by atoms with Crippen molar-refractivity contribution >= 4 is 11.7 Å². The maximum Gasteiger partial charge on any atom is 0.340 e. The van der Waals surface area contributed by atoms with Crippen LogP contribution in [0.2, 0.25) is 0 Å². The van der Waals surface area contributed by atoms with Gasteiger partial charge in [-0.1, -0.05) is 0 Å². The number of rotatable bonds is 4. The Bertz CT molecular complexity index is 494. The monoisotopic (exact) mass is 232 g/mol. The molecule has 2 aromatic rings. The lowest BCUT2D eigenvalue weighted by molar-refractivity contribution is 0.0601. The van der Waals surface area contributed by atoms with Gasteiger partial charge in [-0.2, -0.15) is 0 Å². The molecule has 0 amide bonds. The molecule has 0 atom stereocenters. The first kappa shape index (κ1) is 11.2. The Morgan fingerprint density at radius 3 is 3.12 bits per heavy atom. The SMILES string of the molecule is COC(=O)c1ccncc1NCc1ccco1. The molecule has 0 saturated heterocycles. The number of ether oxygens (including phenoxy) is 1. The summed E-state index contributed by atoms with van der Waals surface area (Å²) in [5.41, 5.74) is 1.07. The molecule has 0 fully saturated rings. The van der Waals surface area contributed by atoms with Crippen LogP contribution < -0.4 is 5.32 Å². The summed E-state index contributed by atoms with van der Waals surface area (Å²) in [6.45, 7) is 0.489. The number of hydrogen-bond acceptors (Lipinski definition) is 5. The predicted molar refractivity (Wildman–Crippen MR) is 61.6 cm³/mol. The highest BCUT2D eigenvalue weighted by molar-refractivity contribution is 5.95. The summed E-state index contributed by atoms with van der Waals surface area (Å²) >= 11 is 0. The largest absolute Gasteiger partial charge is 0.467 e. The number of carbonyl (C=O) groups excluding carboxylic acids is 1. The average Bonchev–Trinajstić information content (AvgIpc) is 2.89. The molecule has 0 unspecified atom stereocenters. The van der Waals surface area contributed by atoms with E-state index < -0.39 is 5.97 Å². The third kappa shape index (κ3) is 2.63. The number of anilines is 1. The first-order valence-electron chi connectivity index (χ1n) is 5.10. The van der Waals surface area contributed by atoms with E-state index in [9.17, 15) is 4.79 Å². The van der Waals surface area contributed by atoms with Crippen LogP contribution in [0.25, 0.3) is 0 Å². The van der Waals surface area contributed by atoms with Gasteiger partial charge in [0.2, 0.25) is 0 Å². The van der Waals surface area contributed by atoms with Gasteiger partial charge < -0.3 is 14.5 Å². The third-order valence-corrected chi connectivity index (χ3v) is 2.26. The van der Waals surface area contributed by atoms with E-state index in [0.717, 1.165) is 5.76 Å². The lowest BCUT2D eigenvalue weighted by Gasteiger charge is -2.08. The molecule has 2 rings (SSSR count). The standard InChI is InChI=1S/C12H12N2O3/c1-16-12(15)10-4-5-13-8-11(10)14-7-9-3-2-6-17-9/h2-6,8,14H,7H2,1H3. The van der Waals surface area contributed by atoms with E-state index >= 15 is 0 Å². The van der Waals surface area contributed by atoms with E-state index in [1.54, 1.807) is 24.7 Å². The van der Waals surface area contributed by atoms with Gasteiger partial charge in [0.25, 0.3) is 0 Å². The van der Waals surface area contributed by atoms with Crippen LogP contribution in [0, 0.1) is 0 Å². The minimum Gasteiger partial charge on any atom is -0.467 e. The fourth-order valence-corrected chi connectivity index (χ4v) is 1.42. The molecule has 0 radical (unpaired) electrons. The number of carbonyl (C=O) groups is 1. The van der Waals surface area contributed by atoms with Gasteiger partial charge in [0.05, 0.1) is 37.4 Å². The number of aromatic nitrogens is 1. The number of hydrogen-bond donors (Lipinski definition) is 1. The zero-order valence-electron chi connectivity index (χ0n) is 9.34. The minimum absolute atomic E-state index is 0.394. The molecule has 0 aliphatic rings. The number of furan rings is 1. The maximum atomic E-state index is 11.5. The fourth-order valence-electron chi connectivity index (χ4n) is 1.42. The second-order valence-electron chi connectivity index (χ2n) is 3.35. The van der Waals surface area contributed by atoms with Gasteiger partial charge in [0.1, 0.15) is 5.76 Å². The summed E-state index contributed by atoms with van der Waals surface area (Å²) in [7, 11) is 1.35. The number of pyridine rings is 1. The van der Waals surface area contributed by atoms with Crippen molar-refractivity contribution in [3.63, 3.8) is 0 Å². The second kappa shape index (κ2) is 5.16. The molecular formula is C12H12N2O3. The highest BCUT2D eigenvalue weighted by atomic mass is 16.5. The van der Waals surface area contributed by atoms with Crippen LogP contribution >= 0.6 is 0 Å². The fraction of sp³-hybridized carbons (Fsp3) is 0.167. The van der Waals surface area contributed by atoms with Crippen molar-refractivity contribution in [1.29, 1.82) is 0 Å². The van der Waals surface area contributed by atoms with E-state index in [4.69, 9.17) is 4.42 Å². The molecule has 0 spiro atoms. The first-order valence-corrected chi connectivity index (χ1v) is 5.10. The van der Waals surface area contributed by atoms with Crippen LogP contribution in [0.1, 0.15) is 16.1 Å². The summed E-state index contributed by atoms with van der Waals surface area (Å²) in [5.74, 6) is 0.388. The van der Waals surface area contributed by atoms with Crippen molar-refractivity contribution in [2.24, 2.45) is 0 Å². The minimum atomic E-state index is -0.394. The van der Waals surface area contributed by atoms with Gasteiger partial charge in [-0.3, -0.25) is 4.98 Å². The summed E-state index contributed by atoms with van der Waals surface area (Å²) < 4.78 is 9.87. The average molecular weight is 232 g/mol. The zero-order valence-corrected chi connectivity index (χ0v) is 9.34. The molecule has 5 heteroatoms. The summed E-state index contributed by atoms with van der Waals surface area (Å²) in [4.78, 5) is 15.4. The van der Waals surface area contributed by atoms with Gasteiger partial charge >= 0.3 is 5.97 Å². The lowest BCUT2D eigenvalue weighted by atomic mass is 10.2. The number of esters is 1. The van der Waals surface area contributed by atoms with E-state index in [-0.39, 0.29) is 0 Å². The molecule has 5 nitrogen and oxygen atoms in total. The van der Waals surface area contributed by atoms with Crippen LogP contribution in [0.15, 0.2) is 41.3 Å². The normalized spacial score (nSPS) is 9.94. The molecular weight excluding hydrogens is 220 g/mol. The van der Waals surface area contributed by atoms with E-state index in [1.165, 1.54) is 7.11 Å². The van der Waals surface area contributed by atoms with E-state index in [0.29, 0.717) is 17.8 Å². The van der Waals surface area contributed by atoms with Crippen LogP contribution in [0.5, 0.6) is 0 Å². The summed E-state index contributed by atoms with van der Waals surface area (Å²) in [6, 6.07) is 5.26. The summed E-state index contributed by atoms with van der Waals surface area (Å²) in [6.07, 6.45) is 4.72. The molecule has 17 heavy (non-hydrogen) atoms. The Morgan fingerprint density at radius 2 is 2.41 bits per heavy atom. The van der Waals surface area contributed by atoms with Gasteiger partial charge in [-0.05, 0) is 18.2 Å². The molecule has 2 heterocycles. The van der Waals surface area contributed by atoms with Crippen LogP contribution in [-0.4, -0.2) is 18.1 Å². The van der Waals surface area contributed by atoms with Crippen molar-refractivity contribution in [1.82, 2.24) is 4.98 Å². The van der Waals surface area contributed by atoms with Crippen molar-refractivity contribution in [2.75, 3.05) is 12.4 Å². The van der Waals surface area contributed by atoms with Crippen LogP contribution in [0.3, 0.4) is 0 Å². The Morgan fingerprint density at radius 1 is 1.53 bits per heavy atom. The quantitative estimate of drug-likeness (QED) is 0.817. The smallest absolute Gasteiger partial charge is 0.340 e. The number of nitrogens with one attached hydrogen (secondary N) is 1. The molecule has 0 aromatic carbocycles. The zero-order chi connectivity index (χ0) is 12.1. The maximum absolute atomic E-state index is 11.5. The summed E-state index contributed by atoms with van der Waals surface area (Å²) in [5, 5.41) is 3.07. The Labute approximate surface area is 98.4 Å². The molecule has 0 saturated carbocycles. The Balaban J connectivity index is 2.12. The first-order chi connectivity index (χ1) is 8.31. The van der Waals surface area contributed by atoms with Crippen molar-refractivity contribution in [3.8, 4) is 0 Å². The van der Waals surface area contributed by atoms with E-state index in [1.807, 2.05) is 12.1 Å². The highest BCUT2D eigenvalue weighted by Gasteiger charge is 2.11. The van der Waals surface area contributed by atoms with Crippen molar-refractivity contribution in [2.45, 2.75) is 6.54 Å². The Hall–Kier alpha value is -2.30.